The summed E-state index contributed by atoms with van der Waals surface area (Å²) in [6, 6.07) is 31.2. The maximum Gasteiger partial charge on any atom is 0.269 e. The Balaban J connectivity index is 1.15. The molecule has 0 aliphatic carbocycles. The van der Waals surface area contributed by atoms with Crippen molar-refractivity contribution in [3.05, 3.63) is 135 Å². The lowest BCUT2D eigenvalue weighted by molar-refractivity contribution is -0.384. The molecule has 0 spiro atoms. The summed E-state index contributed by atoms with van der Waals surface area (Å²) < 4.78 is 13.1. The summed E-state index contributed by atoms with van der Waals surface area (Å²) >= 11 is 0. The van der Waals surface area contributed by atoms with Gasteiger partial charge in [-0.3, -0.25) is 19.8 Å². The number of nitro groups is 1. The Labute approximate surface area is 262 Å². The number of nitrogens with one attached hydrogen (secondary N) is 1. The standard InChI is InChI=1S/C35H36N4O6/c40-24-25-9-11-26(12-10-25)33-22-32(23-37-17-19-38(20-18-37)30-13-15-31(16-14-30)39(42)43)44-35(45-33)28-7-4-8-29(21-28)36-34(41)27-5-2-1-3-6-27/h1-16,21,32-33,35,40H,17-20,22-24H2,(H,36,41)/t32-,33+,35+/m0/s1. The van der Waals surface area contributed by atoms with Crippen LogP contribution >= 0.6 is 0 Å². The molecule has 0 bridgehead atoms. The summed E-state index contributed by atoms with van der Waals surface area (Å²) in [4.78, 5) is 28.1. The Kier molecular flexibility index (Phi) is 9.46. The van der Waals surface area contributed by atoms with E-state index in [-0.39, 0.29) is 35.3 Å². The number of carbonyl (C=O) groups is 1. The van der Waals surface area contributed by atoms with Crippen LogP contribution < -0.4 is 10.2 Å². The molecule has 2 aliphatic rings. The lowest BCUT2D eigenvalue weighted by atomic mass is 9.99. The zero-order chi connectivity index (χ0) is 31.2. The van der Waals surface area contributed by atoms with E-state index in [0.29, 0.717) is 17.7 Å². The van der Waals surface area contributed by atoms with Crippen molar-refractivity contribution in [1.29, 1.82) is 0 Å². The summed E-state index contributed by atoms with van der Waals surface area (Å²) in [6.45, 7) is 3.98. The van der Waals surface area contributed by atoms with Crippen molar-refractivity contribution in [3.63, 3.8) is 0 Å². The van der Waals surface area contributed by atoms with Gasteiger partial charge in [0.15, 0.2) is 6.29 Å². The fourth-order valence-corrected chi connectivity index (χ4v) is 5.85. The second kappa shape index (κ2) is 14.0. The van der Waals surface area contributed by atoms with E-state index in [9.17, 15) is 20.0 Å². The SMILES string of the molecule is O=C(Nc1cccc([C@@H]2O[C@H](CN3CCN(c4ccc([N+](=O)[O-])cc4)CC3)C[C@H](c3ccc(CO)cc3)O2)c1)c1ccccc1. The van der Waals surface area contributed by atoms with E-state index in [0.717, 1.165) is 55.1 Å². The zero-order valence-electron chi connectivity index (χ0n) is 24.8. The number of amides is 1. The van der Waals surface area contributed by atoms with Gasteiger partial charge in [-0.25, -0.2) is 0 Å². The van der Waals surface area contributed by atoms with Crippen molar-refractivity contribution in [2.45, 2.75) is 31.5 Å². The fourth-order valence-electron chi connectivity index (χ4n) is 5.85. The average molecular weight is 609 g/mol. The van der Waals surface area contributed by atoms with Crippen molar-refractivity contribution in [2.24, 2.45) is 0 Å². The Hall–Kier alpha value is -4.61. The van der Waals surface area contributed by atoms with E-state index in [1.807, 2.05) is 78.9 Å². The lowest BCUT2D eigenvalue weighted by Crippen LogP contribution is -2.49. The van der Waals surface area contributed by atoms with Crippen LogP contribution in [0.4, 0.5) is 17.1 Å². The van der Waals surface area contributed by atoms with Crippen LogP contribution in [0.3, 0.4) is 0 Å². The zero-order valence-corrected chi connectivity index (χ0v) is 24.8. The predicted octanol–water partition coefficient (Wildman–Crippen LogP) is 5.71. The normalized spacial score (nSPS) is 20.5. The molecule has 3 atom stereocenters. The van der Waals surface area contributed by atoms with Gasteiger partial charge in [0.2, 0.25) is 0 Å². The van der Waals surface area contributed by atoms with Crippen LogP contribution in [0, 0.1) is 10.1 Å². The molecular formula is C35H36N4O6. The molecule has 2 saturated heterocycles. The number of rotatable bonds is 9. The lowest BCUT2D eigenvalue weighted by Gasteiger charge is -2.41. The van der Waals surface area contributed by atoms with Gasteiger partial charge >= 0.3 is 0 Å². The molecular weight excluding hydrogens is 572 g/mol. The molecule has 1 amide bonds. The second-order valence-electron chi connectivity index (χ2n) is 11.4. The van der Waals surface area contributed by atoms with E-state index in [4.69, 9.17) is 9.47 Å². The summed E-state index contributed by atoms with van der Waals surface area (Å²) in [5.74, 6) is -0.189. The first-order valence-electron chi connectivity index (χ1n) is 15.1. The molecule has 232 valence electrons. The van der Waals surface area contributed by atoms with Crippen LogP contribution in [0.1, 0.15) is 45.9 Å². The number of benzene rings is 4. The molecule has 2 fully saturated rings. The van der Waals surface area contributed by atoms with E-state index in [1.165, 1.54) is 0 Å². The molecule has 6 rings (SSSR count). The molecule has 10 heteroatoms. The first-order chi connectivity index (χ1) is 21.9. The summed E-state index contributed by atoms with van der Waals surface area (Å²) in [5, 5.41) is 23.5. The third-order valence-electron chi connectivity index (χ3n) is 8.33. The molecule has 4 aromatic carbocycles. The molecule has 2 heterocycles. The van der Waals surface area contributed by atoms with Gasteiger partial charge < -0.3 is 24.8 Å². The largest absolute Gasteiger partial charge is 0.392 e. The minimum absolute atomic E-state index is 0.0203. The van der Waals surface area contributed by atoms with Gasteiger partial charge in [0.25, 0.3) is 11.6 Å². The smallest absolute Gasteiger partial charge is 0.269 e. The number of aliphatic hydroxyl groups excluding tert-OH is 1. The number of aliphatic hydroxyl groups is 1. The Morgan fingerprint density at radius 1 is 0.867 bits per heavy atom. The number of piperazine rings is 1. The van der Waals surface area contributed by atoms with Crippen molar-refractivity contribution in [2.75, 3.05) is 42.9 Å². The van der Waals surface area contributed by atoms with Crippen LogP contribution in [0.15, 0.2) is 103 Å². The fraction of sp³-hybridized carbons (Fsp3) is 0.286. The number of nitro benzene ring substituents is 1. The summed E-state index contributed by atoms with van der Waals surface area (Å²) in [7, 11) is 0. The molecule has 45 heavy (non-hydrogen) atoms. The molecule has 0 aromatic heterocycles. The number of non-ortho nitro benzene ring substituents is 1. The van der Waals surface area contributed by atoms with Gasteiger partial charge in [0.05, 0.1) is 23.7 Å². The number of hydrogen-bond donors (Lipinski definition) is 2. The minimum atomic E-state index is -0.638. The Morgan fingerprint density at radius 2 is 1.60 bits per heavy atom. The topological polar surface area (TPSA) is 117 Å². The van der Waals surface area contributed by atoms with Crippen molar-refractivity contribution < 1.29 is 24.3 Å². The van der Waals surface area contributed by atoms with Crippen molar-refractivity contribution in [3.8, 4) is 0 Å². The average Bonchev–Trinajstić information content (AvgIpc) is 3.09. The second-order valence-corrected chi connectivity index (χ2v) is 11.4. The van der Waals surface area contributed by atoms with Crippen LogP contribution in [0.2, 0.25) is 0 Å². The summed E-state index contributed by atoms with van der Waals surface area (Å²) in [6.07, 6.45) is -0.298. The highest BCUT2D eigenvalue weighted by molar-refractivity contribution is 6.04. The third-order valence-corrected chi connectivity index (χ3v) is 8.33. The van der Waals surface area contributed by atoms with Crippen LogP contribution in [0.25, 0.3) is 0 Å². The van der Waals surface area contributed by atoms with Gasteiger partial charge in [-0.1, -0.05) is 54.6 Å². The van der Waals surface area contributed by atoms with Crippen molar-refractivity contribution >= 4 is 23.0 Å². The highest BCUT2D eigenvalue weighted by Gasteiger charge is 2.34. The number of hydrogen-bond acceptors (Lipinski definition) is 8. The molecule has 2 N–H and O–H groups in total. The van der Waals surface area contributed by atoms with Crippen molar-refractivity contribution in [1.82, 2.24) is 4.90 Å². The maximum absolute atomic E-state index is 12.8. The highest BCUT2D eigenvalue weighted by atomic mass is 16.7. The van der Waals surface area contributed by atoms with Gasteiger partial charge in [0, 0.05) is 73.8 Å². The van der Waals surface area contributed by atoms with Crippen LogP contribution in [-0.2, 0) is 16.1 Å². The first kappa shape index (κ1) is 30.4. The van der Waals surface area contributed by atoms with Gasteiger partial charge in [-0.05, 0) is 47.5 Å². The quantitative estimate of drug-likeness (QED) is 0.183. The number of carbonyl (C=O) groups excluding carboxylic acids is 1. The van der Waals surface area contributed by atoms with Gasteiger partial charge in [-0.2, -0.15) is 0 Å². The maximum atomic E-state index is 12.8. The Bertz CT molecular complexity index is 1590. The molecule has 2 aliphatic heterocycles. The monoisotopic (exact) mass is 608 g/mol. The van der Waals surface area contributed by atoms with E-state index < -0.39 is 6.29 Å². The predicted molar refractivity (Wildman–Crippen MR) is 171 cm³/mol. The number of nitrogens with zero attached hydrogens (tertiary/aromatic N) is 3. The molecule has 4 aromatic rings. The van der Waals surface area contributed by atoms with E-state index in [2.05, 4.69) is 15.1 Å². The molecule has 0 radical (unpaired) electrons. The minimum Gasteiger partial charge on any atom is -0.392 e. The number of ether oxygens (including phenoxy) is 2. The van der Waals surface area contributed by atoms with E-state index >= 15 is 0 Å². The summed E-state index contributed by atoms with van der Waals surface area (Å²) in [5.41, 5.74) is 4.97. The number of anilines is 2. The van der Waals surface area contributed by atoms with Crippen LogP contribution in [0.5, 0.6) is 0 Å². The first-order valence-corrected chi connectivity index (χ1v) is 15.1. The Morgan fingerprint density at radius 3 is 2.29 bits per heavy atom. The molecule has 0 unspecified atom stereocenters. The molecule has 10 nitrogen and oxygen atoms in total. The highest BCUT2D eigenvalue weighted by Crippen LogP contribution is 2.39. The molecule has 0 saturated carbocycles. The van der Waals surface area contributed by atoms with Gasteiger partial charge in [-0.15, -0.1) is 0 Å². The van der Waals surface area contributed by atoms with Gasteiger partial charge in [0.1, 0.15) is 0 Å². The van der Waals surface area contributed by atoms with E-state index in [1.54, 1.807) is 24.3 Å². The third kappa shape index (κ3) is 7.55. The van der Waals surface area contributed by atoms with Crippen LogP contribution in [-0.4, -0.2) is 59.7 Å².